The lowest BCUT2D eigenvalue weighted by atomic mass is 10.1. The molecule has 104 valence electrons. The molecule has 0 spiro atoms. The first-order valence-corrected chi connectivity index (χ1v) is 6.96. The number of nitrogens with one attached hydrogen (secondary N) is 1. The number of carbonyl (C=O) groups is 1. The van der Waals surface area contributed by atoms with Crippen molar-refractivity contribution < 1.29 is 24.1 Å². The highest BCUT2D eigenvalue weighted by molar-refractivity contribution is 7.52. The van der Waals surface area contributed by atoms with Crippen molar-refractivity contribution in [3.05, 3.63) is 39.9 Å². The molecule has 1 aromatic rings. The molecule has 1 unspecified atom stereocenters. The van der Waals surface area contributed by atoms with Crippen LogP contribution in [0.3, 0.4) is 0 Å². The van der Waals surface area contributed by atoms with Gasteiger partial charge in [-0.1, -0.05) is 12.1 Å². The lowest BCUT2D eigenvalue weighted by molar-refractivity contribution is -0.384. The average molecular weight is 288 g/mol. The molecule has 8 nitrogen and oxygen atoms in total. The van der Waals surface area contributed by atoms with Crippen LogP contribution in [0.4, 0.5) is 5.69 Å². The second-order valence-electron chi connectivity index (χ2n) is 3.93. The molecule has 0 radical (unpaired) electrons. The molecule has 0 aliphatic heterocycles. The van der Waals surface area contributed by atoms with E-state index in [1.807, 2.05) is 0 Å². The predicted octanol–water partition coefficient (Wildman–Crippen LogP) is 0.777. The van der Waals surface area contributed by atoms with Crippen LogP contribution >= 0.6 is 7.60 Å². The standard InChI is InChI=1S/C10H13N2O6P/c1-7(19(16,17)18)11-10(13)6-8-2-4-9(5-3-8)12(14)15/h2-5,7H,6H2,1H3,(H,11,13)(H2,16,17,18). The van der Waals surface area contributed by atoms with Gasteiger partial charge in [-0.25, -0.2) is 0 Å². The predicted molar refractivity (Wildman–Crippen MR) is 66.4 cm³/mol. The Kier molecular flexibility index (Phi) is 4.77. The molecule has 1 amide bonds. The van der Waals surface area contributed by atoms with E-state index < -0.39 is 24.2 Å². The Bertz CT molecular complexity index is 523. The van der Waals surface area contributed by atoms with Crippen molar-refractivity contribution in [1.29, 1.82) is 0 Å². The molecule has 0 fully saturated rings. The van der Waals surface area contributed by atoms with Gasteiger partial charge in [0.05, 0.1) is 11.3 Å². The molecule has 0 saturated carbocycles. The van der Waals surface area contributed by atoms with Crippen molar-refractivity contribution >= 4 is 19.2 Å². The van der Waals surface area contributed by atoms with E-state index in [1.54, 1.807) is 0 Å². The summed E-state index contributed by atoms with van der Waals surface area (Å²) in [5.41, 5.74) is 0.425. The maximum atomic E-state index is 11.5. The first-order chi connectivity index (χ1) is 8.70. The number of hydrogen-bond acceptors (Lipinski definition) is 4. The smallest absolute Gasteiger partial charge is 0.342 e. The normalized spacial score (nSPS) is 12.8. The summed E-state index contributed by atoms with van der Waals surface area (Å²) in [4.78, 5) is 39.0. The molecule has 0 aromatic heterocycles. The Balaban J connectivity index is 2.62. The molecular formula is C10H13N2O6P. The van der Waals surface area contributed by atoms with Crippen LogP contribution in [0.1, 0.15) is 12.5 Å². The van der Waals surface area contributed by atoms with Crippen LogP contribution in [-0.2, 0) is 15.8 Å². The summed E-state index contributed by atoms with van der Waals surface area (Å²) in [6, 6.07) is 5.35. The minimum atomic E-state index is -4.36. The van der Waals surface area contributed by atoms with Crippen molar-refractivity contribution in [3.8, 4) is 0 Å². The van der Waals surface area contributed by atoms with Crippen LogP contribution in [0, 0.1) is 10.1 Å². The fourth-order valence-corrected chi connectivity index (χ4v) is 1.60. The molecule has 3 N–H and O–H groups in total. The fourth-order valence-electron chi connectivity index (χ4n) is 1.29. The number of non-ortho nitro benzene ring substituents is 1. The third-order valence-corrected chi connectivity index (χ3v) is 3.52. The molecule has 19 heavy (non-hydrogen) atoms. The summed E-state index contributed by atoms with van der Waals surface area (Å²) < 4.78 is 10.8. The number of hydrogen-bond donors (Lipinski definition) is 3. The Labute approximate surface area is 108 Å². The van der Waals surface area contributed by atoms with Gasteiger partial charge < -0.3 is 15.1 Å². The lowest BCUT2D eigenvalue weighted by Crippen LogP contribution is -2.33. The molecule has 1 rings (SSSR count). The van der Waals surface area contributed by atoms with Gasteiger partial charge in [0.25, 0.3) is 5.69 Å². The summed E-state index contributed by atoms with van der Waals surface area (Å²) in [5, 5.41) is 12.6. The average Bonchev–Trinajstić information content (AvgIpc) is 2.28. The van der Waals surface area contributed by atoms with Crippen molar-refractivity contribution in [3.63, 3.8) is 0 Å². The molecule has 1 aromatic carbocycles. The zero-order valence-electron chi connectivity index (χ0n) is 10.0. The molecule has 0 saturated heterocycles. The summed E-state index contributed by atoms with van der Waals surface area (Å²) in [7, 11) is -4.36. The van der Waals surface area contributed by atoms with E-state index in [0.717, 1.165) is 0 Å². The first kappa shape index (κ1) is 15.3. The van der Waals surface area contributed by atoms with Gasteiger partial charge in [0.15, 0.2) is 0 Å². The van der Waals surface area contributed by atoms with Crippen LogP contribution in [-0.4, -0.2) is 26.4 Å². The van der Waals surface area contributed by atoms with E-state index in [1.165, 1.54) is 31.2 Å². The second-order valence-corrected chi connectivity index (χ2v) is 5.89. The zero-order chi connectivity index (χ0) is 14.6. The van der Waals surface area contributed by atoms with E-state index in [2.05, 4.69) is 5.32 Å². The molecule has 0 bridgehead atoms. The Morgan fingerprint density at radius 3 is 2.37 bits per heavy atom. The third-order valence-electron chi connectivity index (χ3n) is 2.39. The van der Waals surface area contributed by atoms with E-state index >= 15 is 0 Å². The highest BCUT2D eigenvalue weighted by atomic mass is 31.2. The van der Waals surface area contributed by atoms with Crippen molar-refractivity contribution in [2.75, 3.05) is 0 Å². The highest BCUT2D eigenvalue weighted by Crippen LogP contribution is 2.39. The van der Waals surface area contributed by atoms with Gasteiger partial charge in [-0.05, 0) is 12.5 Å². The van der Waals surface area contributed by atoms with E-state index in [4.69, 9.17) is 9.79 Å². The molecular weight excluding hydrogens is 275 g/mol. The van der Waals surface area contributed by atoms with Gasteiger partial charge in [-0.3, -0.25) is 19.5 Å². The lowest BCUT2D eigenvalue weighted by Gasteiger charge is -2.15. The molecule has 0 heterocycles. The number of amides is 1. The summed E-state index contributed by atoms with van der Waals surface area (Å²) in [6.07, 6.45) is -0.109. The van der Waals surface area contributed by atoms with Crippen LogP contribution in [0.5, 0.6) is 0 Å². The molecule has 0 aliphatic carbocycles. The van der Waals surface area contributed by atoms with Crippen LogP contribution < -0.4 is 5.32 Å². The van der Waals surface area contributed by atoms with Gasteiger partial charge >= 0.3 is 7.60 Å². The quantitative estimate of drug-likeness (QED) is 0.417. The topological polar surface area (TPSA) is 130 Å². The Morgan fingerprint density at radius 2 is 1.95 bits per heavy atom. The van der Waals surface area contributed by atoms with Gasteiger partial charge in [-0.15, -0.1) is 0 Å². The minimum absolute atomic E-state index is 0.0901. The van der Waals surface area contributed by atoms with Gasteiger partial charge in [-0.2, -0.15) is 0 Å². The van der Waals surface area contributed by atoms with Gasteiger partial charge in [0, 0.05) is 12.1 Å². The Hall–Kier alpha value is -1.76. The largest absolute Gasteiger partial charge is 0.347 e. The zero-order valence-corrected chi connectivity index (χ0v) is 10.9. The number of benzene rings is 1. The summed E-state index contributed by atoms with van der Waals surface area (Å²) in [5.74, 6) is -1.83. The van der Waals surface area contributed by atoms with Crippen LogP contribution in [0.15, 0.2) is 24.3 Å². The SMILES string of the molecule is CC(NC(=O)Cc1ccc([N+](=O)[O-])cc1)P(=O)(O)O. The van der Waals surface area contributed by atoms with Crippen LogP contribution in [0.2, 0.25) is 0 Å². The molecule has 9 heteroatoms. The summed E-state index contributed by atoms with van der Waals surface area (Å²) >= 11 is 0. The molecule has 1 atom stereocenters. The number of nitro groups is 1. The molecule has 0 aliphatic rings. The Morgan fingerprint density at radius 1 is 1.42 bits per heavy atom. The maximum absolute atomic E-state index is 11.5. The highest BCUT2D eigenvalue weighted by Gasteiger charge is 2.25. The number of rotatable bonds is 5. The number of nitrogens with zero attached hydrogens (tertiary/aromatic N) is 1. The van der Waals surface area contributed by atoms with E-state index in [0.29, 0.717) is 5.56 Å². The van der Waals surface area contributed by atoms with Crippen molar-refractivity contribution in [2.45, 2.75) is 19.1 Å². The van der Waals surface area contributed by atoms with Gasteiger partial charge in [0.1, 0.15) is 5.78 Å². The second kappa shape index (κ2) is 5.92. The number of carbonyl (C=O) groups excluding carboxylic acids is 1. The third kappa shape index (κ3) is 4.78. The van der Waals surface area contributed by atoms with Gasteiger partial charge in [0.2, 0.25) is 5.91 Å². The fraction of sp³-hybridized carbons (Fsp3) is 0.300. The first-order valence-electron chi connectivity index (χ1n) is 5.28. The monoisotopic (exact) mass is 288 g/mol. The van der Waals surface area contributed by atoms with Crippen LogP contribution in [0.25, 0.3) is 0 Å². The van der Waals surface area contributed by atoms with E-state index in [9.17, 15) is 19.5 Å². The van der Waals surface area contributed by atoms with Crippen molar-refractivity contribution in [1.82, 2.24) is 5.32 Å². The van der Waals surface area contributed by atoms with Crippen molar-refractivity contribution in [2.24, 2.45) is 0 Å². The van der Waals surface area contributed by atoms with E-state index in [-0.39, 0.29) is 12.1 Å². The minimum Gasteiger partial charge on any atom is -0.342 e. The number of nitro benzene ring substituents is 1. The maximum Gasteiger partial charge on any atom is 0.347 e. The summed E-state index contributed by atoms with van der Waals surface area (Å²) in [6.45, 7) is 1.20.